The van der Waals surface area contributed by atoms with Crippen molar-refractivity contribution in [3.8, 4) is 5.88 Å². The summed E-state index contributed by atoms with van der Waals surface area (Å²) >= 11 is 0. The molecule has 6 nitrogen and oxygen atoms in total. The lowest BCUT2D eigenvalue weighted by molar-refractivity contribution is 0.136. The zero-order valence-electron chi connectivity index (χ0n) is 11.5. The molecule has 1 aliphatic heterocycles. The molecule has 2 aromatic rings. The van der Waals surface area contributed by atoms with Gasteiger partial charge < -0.3 is 19.3 Å². The predicted octanol–water partition coefficient (Wildman–Crippen LogP) is 2.09. The molecule has 20 heavy (non-hydrogen) atoms. The number of hydrogen-bond donors (Lipinski definition) is 1. The highest BCUT2D eigenvalue weighted by Crippen LogP contribution is 2.23. The highest BCUT2D eigenvalue weighted by atomic mass is 16.5. The van der Waals surface area contributed by atoms with Crippen molar-refractivity contribution in [1.29, 1.82) is 0 Å². The Labute approximate surface area is 116 Å². The number of carboxylic acid groups (broad SMARTS) is 1. The third-order valence-corrected chi connectivity index (χ3v) is 3.76. The van der Waals surface area contributed by atoms with Crippen LogP contribution in [0.5, 0.6) is 5.88 Å². The molecule has 2 aromatic heterocycles. The van der Waals surface area contributed by atoms with Gasteiger partial charge in [-0.15, -0.1) is 0 Å². The van der Waals surface area contributed by atoms with Gasteiger partial charge in [0.25, 0.3) is 0 Å². The average Bonchev–Trinajstić information content (AvgIpc) is 2.94. The molecule has 3 heterocycles. The van der Waals surface area contributed by atoms with E-state index in [9.17, 15) is 4.79 Å². The van der Waals surface area contributed by atoms with E-state index in [1.54, 1.807) is 0 Å². The Morgan fingerprint density at radius 2 is 2.25 bits per heavy atom. The van der Waals surface area contributed by atoms with Crippen LogP contribution in [0, 0.1) is 0 Å². The van der Waals surface area contributed by atoms with Gasteiger partial charge >= 0.3 is 6.09 Å². The van der Waals surface area contributed by atoms with E-state index in [1.807, 2.05) is 42.9 Å². The molecule has 2 atom stereocenters. The number of aromatic nitrogens is 2. The fourth-order valence-electron chi connectivity index (χ4n) is 2.69. The van der Waals surface area contributed by atoms with E-state index in [2.05, 4.69) is 4.98 Å². The van der Waals surface area contributed by atoms with Crippen molar-refractivity contribution in [2.24, 2.45) is 7.05 Å². The first-order valence-corrected chi connectivity index (χ1v) is 6.63. The molecule has 3 rings (SSSR count). The minimum Gasteiger partial charge on any atom is -0.472 e. The van der Waals surface area contributed by atoms with Crippen molar-refractivity contribution in [2.45, 2.75) is 25.5 Å². The van der Waals surface area contributed by atoms with Gasteiger partial charge in [0.2, 0.25) is 5.88 Å². The highest BCUT2D eigenvalue weighted by molar-refractivity contribution is 5.76. The first kappa shape index (κ1) is 12.8. The fraction of sp³-hybridized carbons (Fsp3) is 0.429. The summed E-state index contributed by atoms with van der Waals surface area (Å²) in [5, 5.41) is 10.1. The molecule has 1 aliphatic rings. The summed E-state index contributed by atoms with van der Waals surface area (Å²) in [6.45, 7) is 2.29. The smallest absolute Gasteiger partial charge is 0.407 e. The van der Waals surface area contributed by atoms with E-state index in [0.29, 0.717) is 18.8 Å². The Morgan fingerprint density at radius 1 is 1.45 bits per heavy atom. The molecule has 1 saturated heterocycles. The van der Waals surface area contributed by atoms with Gasteiger partial charge in [-0.3, -0.25) is 0 Å². The van der Waals surface area contributed by atoms with Crippen LogP contribution in [-0.4, -0.2) is 44.3 Å². The number of hydrogen-bond acceptors (Lipinski definition) is 3. The Kier molecular flexibility index (Phi) is 3.00. The SMILES string of the molecule is C[C@H]1C[C@@H](Oc2ccc3ccn(C)c3n2)CN1C(=O)O. The quantitative estimate of drug-likeness (QED) is 0.911. The van der Waals surface area contributed by atoms with Crippen LogP contribution in [0.4, 0.5) is 4.79 Å². The molecule has 1 amide bonds. The summed E-state index contributed by atoms with van der Waals surface area (Å²) in [4.78, 5) is 16.9. The second kappa shape index (κ2) is 4.70. The van der Waals surface area contributed by atoms with Gasteiger partial charge in [0.15, 0.2) is 0 Å². The lowest BCUT2D eigenvalue weighted by Crippen LogP contribution is -2.33. The maximum Gasteiger partial charge on any atom is 0.407 e. The van der Waals surface area contributed by atoms with Crippen molar-refractivity contribution in [2.75, 3.05) is 6.54 Å². The maximum absolute atomic E-state index is 11.0. The van der Waals surface area contributed by atoms with Gasteiger partial charge in [0, 0.05) is 37.2 Å². The molecule has 0 aliphatic carbocycles. The van der Waals surface area contributed by atoms with Gasteiger partial charge in [-0.1, -0.05) is 0 Å². The first-order valence-electron chi connectivity index (χ1n) is 6.63. The van der Waals surface area contributed by atoms with Crippen LogP contribution < -0.4 is 4.74 Å². The predicted molar refractivity (Wildman–Crippen MR) is 73.9 cm³/mol. The standard InChI is InChI=1S/C14H17N3O3/c1-9-7-11(8-17(9)14(18)19)20-12-4-3-10-5-6-16(2)13(10)15-12/h3-6,9,11H,7-8H2,1-2H3,(H,18,19)/t9-,11+/m0/s1. The van der Waals surface area contributed by atoms with Crippen LogP contribution in [-0.2, 0) is 7.05 Å². The van der Waals surface area contributed by atoms with Crippen LogP contribution in [0.25, 0.3) is 11.0 Å². The van der Waals surface area contributed by atoms with Gasteiger partial charge in [-0.2, -0.15) is 4.98 Å². The lowest BCUT2D eigenvalue weighted by atomic mass is 10.2. The number of nitrogens with zero attached hydrogens (tertiary/aromatic N) is 3. The Hall–Kier alpha value is -2.24. The molecule has 0 spiro atoms. The van der Waals surface area contributed by atoms with Crippen molar-refractivity contribution in [3.05, 3.63) is 24.4 Å². The third-order valence-electron chi connectivity index (χ3n) is 3.76. The monoisotopic (exact) mass is 275 g/mol. The van der Waals surface area contributed by atoms with Crippen molar-refractivity contribution >= 4 is 17.1 Å². The molecule has 1 N–H and O–H groups in total. The van der Waals surface area contributed by atoms with Crippen molar-refractivity contribution < 1.29 is 14.6 Å². The van der Waals surface area contributed by atoms with Crippen LogP contribution in [0.3, 0.4) is 0 Å². The van der Waals surface area contributed by atoms with E-state index < -0.39 is 6.09 Å². The minimum atomic E-state index is -0.894. The van der Waals surface area contributed by atoms with Crippen molar-refractivity contribution in [3.63, 3.8) is 0 Å². The van der Waals surface area contributed by atoms with E-state index in [4.69, 9.17) is 9.84 Å². The zero-order chi connectivity index (χ0) is 14.3. The zero-order valence-corrected chi connectivity index (χ0v) is 11.5. The lowest BCUT2D eigenvalue weighted by Gasteiger charge is -2.16. The Morgan fingerprint density at radius 3 is 2.95 bits per heavy atom. The molecule has 0 unspecified atom stereocenters. The normalized spacial score (nSPS) is 22.4. The Bertz CT molecular complexity index is 652. The third kappa shape index (κ3) is 2.17. The number of carbonyl (C=O) groups is 1. The maximum atomic E-state index is 11.0. The number of amides is 1. The van der Waals surface area contributed by atoms with Crippen LogP contribution in [0.15, 0.2) is 24.4 Å². The largest absolute Gasteiger partial charge is 0.472 e. The van der Waals surface area contributed by atoms with E-state index >= 15 is 0 Å². The number of ether oxygens (including phenoxy) is 1. The van der Waals surface area contributed by atoms with Crippen LogP contribution in [0.2, 0.25) is 0 Å². The summed E-state index contributed by atoms with van der Waals surface area (Å²) in [6.07, 6.45) is 1.62. The summed E-state index contributed by atoms with van der Waals surface area (Å²) < 4.78 is 7.76. The van der Waals surface area contributed by atoms with E-state index in [-0.39, 0.29) is 12.1 Å². The number of fused-ring (bicyclic) bond motifs is 1. The first-order chi connectivity index (χ1) is 9.54. The van der Waals surface area contributed by atoms with E-state index in [0.717, 1.165) is 11.0 Å². The van der Waals surface area contributed by atoms with Gasteiger partial charge in [0.1, 0.15) is 11.8 Å². The Balaban J connectivity index is 1.77. The molecular formula is C14H17N3O3. The number of rotatable bonds is 2. The number of aryl methyl sites for hydroxylation is 1. The average molecular weight is 275 g/mol. The van der Waals surface area contributed by atoms with Crippen LogP contribution >= 0.6 is 0 Å². The molecule has 106 valence electrons. The van der Waals surface area contributed by atoms with Crippen LogP contribution in [0.1, 0.15) is 13.3 Å². The second-order valence-corrected chi connectivity index (χ2v) is 5.25. The van der Waals surface area contributed by atoms with Gasteiger partial charge in [0.05, 0.1) is 6.54 Å². The second-order valence-electron chi connectivity index (χ2n) is 5.25. The summed E-state index contributed by atoms with van der Waals surface area (Å²) in [6, 6.07) is 5.77. The molecular weight excluding hydrogens is 258 g/mol. The van der Waals surface area contributed by atoms with Crippen molar-refractivity contribution in [1.82, 2.24) is 14.5 Å². The summed E-state index contributed by atoms with van der Waals surface area (Å²) in [5.74, 6) is 0.545. The highest BCUT2D eigenvalue weighted by Gasteiger charge is 2.33. The molecule has 0 aromatic carbocycles. The molecule has 0 bridgehead atoms. The van der Waals surface area contributed by atoms with Gasteiger partial charge in [-0.25, -0.2) is 4.79 Å². The topological polar surface area (TPSA) is 67.6 Å². The number of pyridine rings is 1. The number of likely N-dealkylation sites (tertiary alicyclic amines) is 1. The molecule has 6 heteroatoms. The summed E-state index contributed by atoms with van der Waals surface area (Å²) in [7, 11) is 1.93. The minimum absolute atomic E-state index is 0.0173. The molecule has 0 saturated carbocycles. The fourth-order valence-corrected chi connectivity index (χ4v) is 2.69. The molecule has 1 fully saturated rings. The van der Waals surface area contributed by atoms with E-state index in [1.165, 1.54) is 4.90 Å². The summed E-state index contributed by atoms with van der Waals surface area (Å²) in [5.41, 5.74) is 0.864. The van der Waals surface area contributed by atoms with Gasteiger partial charge in [-0.05, 0) is 19.1 Å². The molecule has 0 radical (unpaired) electrons.